The van der Waals surface area contributed by atoms with Crippen LogP contribution in [0.15, 0.2) is 90.1 Å². The van der Waals surface area contributed by atoms with Crippen molar-refractivity contribution in [3.05, 3.63) is 144 Å². The van der Waals surface area contributed by atoms with Gasteiger partial charge in [-0.2, -0.15) is 9.97 Å². The number of aromatic nitrogens is 12. The number of esters is 7. The summed E-state index contributed by atoms with van der Waals surface area (Å²) >= 11 is 34.6. The summed E-state index contributed by atoms with van der Waals surface area (Å²) in [5, 5.41) is 11.9. The lowest BCUT2D eigenvalue weighted by atomic mass is 10.2. The third-order valence-electron chi connectivity index (χ3n) is 18.0. The van der Waals surface area contributed by atoms with Crippen LogP contribution in [0.25, 0.3) is 20.4 Å². The zero-order valence-electron chi connectivity index (χ0n) is 81.6. The Bertz CT molecular complexity index is 5240. The van der Waals surface area contributed by atoms with Crippen LogP contribution in [0.4, 0.5) is 32.7 Å². The number of hydrogen-bond acceptors (Lipinski definition) is 44. The molecule has 0 atom stereocenters. The summed E-state index contributed by atoms with van der Waals surface area (Å²) in [7, 11) is 0.509. The predicted molar refractivity (Wildman–Crippen MR) is 546 cm³/mol. The lowest BCUT2D eigenvalue weighted by molar-refractivity contribution is -0.143. The number of urea groups is 1. The van der Waals surface area contributed by atoms with E-state index in [9.17, 15) is 61.7 Å². The molecule has 2 amide bonds. The number of thiophene rings is 2. The van der Waals surface area contributed by atoms with E-state index in [1.54, 1.807) is 65.9 Å². The largest absolute Gasteiger partial charge is 0.504 e. The summed E-state index contributed by atoms with van der Waals surface area (Å²) in [5.41, 5.74) is 3.45. The summed E-state index contributed by atoms with van der Waals surface area (Å²) in [6, 6.07) is 3.56. The van der Waals surface area contributed by atoms with Crippen molar-refractivity contribution >= 4 is 201 Å². The van der Waals surface area contributed by atoms with Crippen molar-refractivity contribution < 1.29 is 110 Å². The van der Waals surface area contributed by atoms with Gasteiger partial charge < -0.3 is 103 Å². The molecule has 45 nitrogen and oxygen atoms in total. The Morgan fingerprint density at radius 2 is 0.944 bits per heavy atom. The van der Waals surface area contributed by atoms with E-state index in [1.165, 1.54) is 85.4 Å². The number of methoxy groups -OCH3 is 1. The molecule has 0 saturated carbocycles. The van der Waals surface area contributed by atoms with Gasteiger partial charge in [0.2, 0.25) is 27.7 Å². The predicted octanol–water partition coefficient (Wildman–Crippen LogP) is 11.8. The quantitative estimate of drug-likeness (QED) is 0.00558. The van der Waals surface area contributed by atoms with Gasteiger partial charge in [0.15, 0.2) is 17.9 Å². The van der Waals surface area contributed by atoms with Gasteiger partial charge >= 0.3 is 58.7 Å². The number of amides is 2. The van der Waals surface area contributed by atoms with Crippen molar-refractivity contribution in [1.82, 2.24) is 91.3 Å². The number of halogens is 7. The maximum Gasteiger partial charge on any atom is 0.344 e. The average molecular weight is 2190 g/mol. The first kappa shape index (κ1) is 126. The Morgan fingerprint density at radius 3 is 1.33 bits per heavy atom. The van der Waals surface area contributed by atoms with Gasteiger partial charge in [-0.05, 0) is 149 Å². The normalized spacial score (nSPS) is 14.1. The fraction of sp³-hybridized carbons (Fsp3) is 0.523. The first-order valence-electron chi connectivity index (χ1n) is 45.3. The number of aldehydes is 1. The third kappa shape index (κ3) is 52.4. The van der Waals surface area contributed by atoms with Crippen LogP contribution in [-0.4, -0.2) is 330 Å². The Hall–Kier alpha value is -11.0. The molecule has 0 radical (unpaired) electrons. The molecule has 0 aromatic carbocycles. The maximum atomic E-state index is 11.8. The van der Waals surface area contributed by atoms with Crippen molar-refractivity contribution in [2.45, 2.75) is 102 Å². The Balaban J connectivity index is 0.000000561. The van der Waals surface area contributed by atoms with E-state index in [0.29, 0.717) is 143 Å². The molecule has 0 unspecified atom stereocenters. The minimum absolute atomic E-state index is 0. The maximum absolute atomic E-state index is 11.8. The van der Waals surface area contributed by atoms with Gasteiger partial charge in [-0.1, -0.05) is 21.3 Å². The van der Waals surface area contributed by atoms with Crippen molar-refractivity contribution in [3.8, 4) is 0 Å². The van der Waals surface area contributed by atoms with Crippen molar-refractivity contribution in [2.24, 2.45) is 0 Å². The van der Waals surface area contributed by atoms with Crippen molar-refractivity contribution in [3.63, 3.8) is 0 Å². The molecule has 0 spiro atoms. The lowest BCUT2D eigenvalue weighted by Gasteiger charge is -2.34. The van der Waals surface area contributed by atoms with Gasteiger partial charge in [-0.25, -0.2) is 83.2 Å². The summed E-state index contributed by atoms with van der Waals surface area (Å²) in [6.07, 6.45) is 16.8. The van der Waals surface area contributed by atoms with Gasteiger partial charge in [0.1, 0.15) is 0 Å². The highest BCUT2D eigenvalue weighted by molar-refractivity contribution is 8.24. The molecule has 14 heterocycles. The van der Waals surface area contributed by atoms with E-state index in [2.05, 4.69) is 165 Å². The van der Waals surface area contributed by atoms with Gasteiger partial charge in [0.25, 0.3) is 6.47 Å². The fourth-order valence-electron chi connectivity index (χ4n) is 11.6. The number of aromatic amines is 1. The molecule has 6 aliphatic rings. The number of nitrogens with one attached hydrogen (secondary N) is 6. The molecule has 5 fully saturated rings. The number of hydrogen-bond donors (Lipinski definition) is 6. The van der Waals surface area contributed by atoms with E-state index in [4.69, 9.17) is 74.1 Å². The number of fused-ring (bicyclic) bond motifs is 2. The molecular weight excluding hydrogens is 2060 g/mol. The van der Waals surface area contributed by atoms with E-state index in [1.807, 2.05) is 20.8 Å². The van der Waals surface area contributed by atoms with Crippen LogP contribution in [-0.2, 0) is 82.4 Å². The topological polar surface area (TPSA) is 540 Å². The first-order valence-corrected chi connectivity index (χ1v) is 51.8. The van der Waals surface area contributed by atoms with Crippen LogP contribution < -0.4 is 51.9 Å². The highest BCUT2D eigenvalue weighted by Crippen LogP contribution is 2.61. The number of rotatable bonds is 26. The zero-order valence-corrected chi connectivity index (χ0v) is 87.6. The Kier molecular flexibility index (Phi) is 66.8. The Labute approximate surface area is 867 Å². The summed E-state index contributed by atoms with van der Waals surface area (Å²) in [6.45, 7) is 39.9. The molecule has 8 aromatic rings. The number of alkyl halides is 1. The molecule has 55 heteroatoms. The van der Waals surface area contributed by atoms with Crippen LogP contribution in [0.1, 0.15) is 153 Å². The number of piperazine rings is 3. The van der Waals surface area contributed by atoms with Gasteiger partial charge in [0.05, 0.1) is 166 Å². The van der Waals surface area contributed by atoms with Gasteiger partial charge in [0, 0.05) is 178 Å². The molecule has 143 heavy (non-hydrogen) atoms. The van der Waals surface area contributed by atoms with Crippen molar-refractivity contribution in [2.75, 3.05) is 224 Å². The number of anilines is 4. The monoisotopic (exact) mass is 2180 g/mol. The molecule has 6 N–H and O–H groups in total. The summed E-state index contributed by atoms with van der Waals surface area (Å²) in [4.78, 5) is 179. The highest BCUT2D eigenvalue weighted by atomic mass is 36.0. The standard InChI is InChI=1S/C22H26ClN7O3S.C11H10ClN3O2S.C11H16N4O2.C8H14O3.C7H7ClN2O2.C7H10N2O3.C7H8N2O3.C6H12O2.C4H10N2.C3H6O2.CH3F.CH4.Cl3OP/c1-2-33-20(31)15-12-24-22(25-13-15)30-5-3-28(4-6-30)14-16-11-17-18(34-16)19(27-21(23)26-17)29-7-9-32-10-8-29;12-11-13-8-5-7(6-16)18-9(8)10(14-11)15-1-3-17-4-2-15;1-2-17-10(16)9-7-13-11(14-8-9)15-5-3-12-4-6-15;1-4-7(6-10-3)8(9)11-5-2;1-2-12-6(11)5-3-9-7(8)10-4-5;2*1-2-12-6(10)5-3-8-7(11)9-4-5;1-3-5-6(7)8-4-2;1-2-6-4-3-5-1;1-2-5-3-4;1-2;;1-5(2,3)4/h11-13H,2-10,14H2,1H3;5-6H,1-4H2;7-8,12H,2-6H2,1H3;6H,4-5H2,1-3H3;3-4H,2H2,1H3;3H,2,4H2,1H3,(H2,8,9,11);3-4H,2H2,1H3,(H,8,9,11);3-5H2,1-2H3;5-6H,1-4H2;3H,2H2,1H3;1H3;1H4;/b;;;7-6-;;;;;;;;;/i;;;;;;;;;;1D;;. The van der Waals surface area contributed by atoms with E-state index in [0.717, 1.165) is 156 Å². The molecule has 5 saturated heterocycles. The lowest BCUT2D eigenvalue weighted by Crippen LogP contribution is -2.46. The molecular formula is C88H126Cl6FN22O23PS2. The van der Waals surface area contributed by atoms with Crippen LogP contribution in [0.2, 0.25) is 15.9 Å². The van der Waals surface area contributed by atoms with Crippen LogP contribution >= 0.6 is 96.4 Å². The van der Waals surface area contributed by atoms with Crippen LogP contribution in [0.3, 0.4) is 0 Å². The highest BCUT2D eigenvalue weighted by Gasteiger charge is 2.26. The summed E-state index contributed by atoms with van der Waals surface area (Å²) < 4.78 is 80.0. The van der Waals surface area contributed by atoms with Gasteiger partial charge in [-0.3, -0.25) is 28.2 Å². The number of ether oxygens (including phenoxy) is 11. The minimum atomic E-state index is -3.22. The minimum Gasteiger partial charge on any atom is -0.504 e. The van der Waals surface area contributed by atoms with E-state index in [-0.39, 0.29) is 59.3 Å². The zero-order chi connectivity index (χ0) is 106. The number of morpholine rings is 2. The molecule has 8 aromatic heterocycles. The molecule has 6 aliphatic heterocycles. The summed E-state index contributed by atoms with van der Waals surface area (Å²) in [5.74, 6) is 0.528. The van der Waals surface area contributed by atoms with E-state index < -0.39 is 41.9 Å². The van der Waals surface area contributed by atoms with Crippen LogP contribution in [0.5, 0.6) is 0 Å². The molecule has 14 rings (SSSR count). The fourth-order valence-corrected chi connectivity index (χ4v) is 14.1. The second-order valence-electron chi connectivity index (χ2n) is 27.9. The van der Waals surface area contributed by atoms with Gasteiger partial charge in [-0.15, -0.1) is 22.7 Å². The third-order valence-corrected chi connectivity index (χ3v) is 20.7. The second-order valence-corrected chi connectivity index (χ2v) is 37.8. The second kappa shape index (κ2) is 75.7. The number of carbonyl (C=O) groups is 10. The molecule has 792 valence electrons. The average Bonchev–Trinajstić information content (AvgIpc) is 1.64. The number of carbonyl (C=O) groups excluding carboxylic acids is 10. The van der Waals surface area contributed by atoms with E-state index >= 15 is 0 Å². The Morgan fingerprint density at radius 1 is 0.524 bits per heavy atom. The van der Waals surface area contributed by atoms with Crippen molar-refractivity contribution in [1.29, 1.82) is 0 Å². The molecule has 0 aliphatic carbocycles. The number of nitrogens with zero attached hydrogens (tertiary/aromatic N) is 16. The molecule has 0 bridgehead atoms. The first-order chi connectivity index (χ1) is 68.8. The van der Waals surface area contributed by atoms with Crippen LogP contribution in [0, 0.1) is 0 Å². The SMILES string of the molecule is C.C1CNCCN1.CCCC(=O)OCC.CCOC(=O)/C(=C\OC)CC.CCOC(=O)C1=CNC(=O)NC1.CCOC(=O)c1cnc(=O)[nH]c1.CCOC(=O)c1cnc(Cl)nc1.CCOC(=O)c1cnc(N2CCN(Cc3cc4nc(Cl)nc(N5CCOCC5)c4s3)CC2)nc1.CCOC(=O)c1cnc(N2CCNCC2)nc1.CCOC=O.O=Cc1cc2nc(Cl)nc(N3CCOCC3)c2s1.O=P(Cl)(Cl)Cl.[2H]CF. The number of H-pyrrole nitrogens is 1. The smallest absolute Gasteiger partial charge is 0.344 e.